The van der Waals surface area contributed by atoms with Crippen molar-refractivity contribution in [2.24, 2.45) is 0 Å². The van der Waals surface area contributed by atoms with Crippen molar-refractivity contribution in [3.05, 3.63) is 503 Å². The molecule has 0 saturated heterocycles. The second-order valence-electron chi connectivity index (χ2n) is 34.8. The maximum Gasteiger partial charge on any atom is 0.235 e. The van der Waals surface area contributed by atoms with E-state index in [9.17, 15) is 0 Å². The van der Waals surface area contributed by atoms with E-state index in [1.165, 1.54) is 65.2 Å². The Labute approximate surface area is 862 Å². The average molecular weight is 2110 g/mol. The van der Waals surface area contributed by atoms with Gasteiger partial charge >= 0.3 is 0 Å². The SMILES string of the molecule is Brc1ccc2c(c1)c1ccccc1n2-c1cccc(-c2cc(-c3ccccc3)nc(-c3ccccc3)n2)c1.Brc1ccc2c(c1)c1ccccc1n2-c1cccc(-c2cc(-c3ccccn3)nc(-c3ccccn3)c2)c1.Brc1ccc2c(c1)c1ccccc1n2-c1cccc(-c2nc(-c3ccccc3)nc(-c3ccccc3)n2)c1.Brc1ccc2c(c1)c1ccccc1n2-c1nc(-c2ccccc2)c2ccccc2n1. The molecule has 0 fully saturated rings. The summed E-state index contributed by atoms with van der Waals surface area (Å²) in [5.41, 5.74) is 28.6. The van der Waals surface area contributed by atoms with Crippen molar-refractivity contribution in [3.63, 3.8) is 0 Å². The molecule has 18 heteroatoms. The molecular formula is C126H80Br4N14. The van der Waals surface area contributed by atoms with E-state index >= 15 is 0 Å². The van der Waals surface area contributed by atoms with Crippen LogP contribution in [-0.2, 0) is 0 Å². The standard InChI is InChI=1S/C34H22BrN3.2C33H21BrN4.C26H16BrN3/c35-26-18-19-33-29(21-26)28-16-7-8-17-32(28)38(33)27-15-9-14-25(20-27)31-22-30(23-10-3-1-4-11-23)36-34(37-31)24-12-5-2-6-13-24;34-25-18-19-30-28(21-25)27-16-7-8-17-29(27)38(30)26-15-9-14-24(20-26)33-36-31(22-10-3-1-4-11-22)35-32(37-33)23-12-5-2-6-13-23;34-24-14-15-33-27(21-24)26-10-1-2-13-32(26)38(33)25-9-7-8-22(18-25)23-19-30(28-11-3-5-16-35-28)37-31(20-23)29-12-4-6-17-36-29;27-18-14-15-24-21(16-18)19-10-5-7-13-23(19)30(24)26-28-22-12-6-4-11-20(22)25(29-26)17-8-2-1-3-9-17/h1-22H;2*1-21H;1-16H. The molecule has 0 unspecified atom stereocenters. The summed E-state index contributed by atoms with van der Waals surface area (Å²) in [5.74, 6) is 3.35. The maximum absolute atomic E-state index is 5.08. The summed E-state index contributed by atoms with van der Waals surface area (Å²) in [5, 5.41) is 10.7. The number of rotatable bonds is 14. The summed E-state index contributed by atoms with van der Waals surface area (Å²) in [6.07, 6.45) is 3.59. The molecular weight excluding hydrogens is 2030 g/mol. The van der Waals surface area contributed by atoms with Crippen LogP contribution in [-0.4, -0.2) is 68.1 Å². The van der Waals surface area contributed by atoms with E-state index < -0.39 is 0 Å². The van der Waals surface area contributed by atoms with Crippen LogP contribution in [0.15, 0.2) is 503 Å². The van der Waals surface area contributed by atoms with Gasteiger partial charge in [0.15, 0.2) is 23.3 Å². The Morgan fingerprint density at radius 3 is 0.896 bits per heavy atom. The number of benzene rings is 17. The molecule has 27 aromatic rings. The van der Waals surface area contributed by atoms with Gasteiger partial charge in [0.05, 0.1) is 89.5 Å². The summed E-state index contributed by atoms with van der Waals surface area (Å²) in [6, 6.07) is 163. The summed E-state index contributed by atoms with van der Waals surface area (Å²) < 4.78 is 13.4. The van der Waals surface area contributed by atoms with E-state index in [0.29, 0.717) is 29.2 Å². The highest BCUT2D eigenvalue weighted by atomic mass is 79.9. The smallest absolute Gasteiger partial charge is 0.235 e. The van der Waals surface area contributed by atoms with Crippen molar-refractivity contribution < 1.29 is 0 Å². The molecule has 0 aliphatic carbocycles. The van der Waals surface area contributed by atoms with Crippen LogP contribution in [0.4, 0.5) is 0 Å². The molecule has 10 aromatic heterocycles. The lowest BCUT2D eigenvalue weighted by Gasteiger charge is -2.12. The number of hydrogen-bond donors (Lipinski definition) is 0. The average Bonchev–Trinajstić information content (AvgIpc) is 1.65. The van der Waals surface area contributed by atoms with Gasteiger partial charge in [-0.15, -0.1) is 0 Å². The summed E-state index contributed by atoms with van der Waals surface area (Å²) in [7, 11) is 0. The molecule has 27 rings (SSSR count). The summed E-state index contributed by atoms with van der Waals surface area (Å²) in [4.78, 5) is 48.7. The number of pyridine rings is 3. The normalized spacial score (nSPS) is 11.3. The predicted octanol–water partition coefficient (Wildman–Crippen LogP) is 34.0. The monoisotopic (exact) mass is 2100 g/mol. The molecule has 0 saturated carbocycles. The summed E-state index contributed by atoms with van der Waals surface area (Å²) >= 11 is 14.6. The quantitative estimate of drug-likeness (QED) is 0.103. The van der Waals surface area contributed by atoms with Gasteiger partial charge in [-0.3, -0.25) is 14.5 Å². The first kappa shape index (κ1) is 89.4. The molecule has 682 valence electrons. The zero-order chi connectivity index (χ0) is 96.5. The van der Waals surface area contributed by atoms with Crippen LogP contribution in [0, 0.1) is 0 Å². The van der Waals surface area contributed by atoms with Gasteiger partial charge in [0.2, 0.25) is 5.95 Å². The van der Waals surface area contributed by atoms with E-state index in [4.69, 9.17) is 39.9 Å². The van der Waals surface area contributed by atoms with E-state index in [0.717, 1.165) is 158 Å². The van der Waals surface area contributed by atoms with Gasteiger partial charge in [0.1, 0.15) is 0 Å². The van der Waals surface area contributed by atoms with Gasteiger partial charge in [0.25, 0.3) is 0 Å². The third-order valence-electron chi connectivity index (χ3n) is 25.8. The van der Waals surface area contributed by atoms with Crippen LogP contribution in [0.3, 0.4) is 0 Å². The number of fused-ring (bicyclic) bond motifs is 13. The van der Waals surface area contributed by atoms with E-state index in [-0.39, 0.29) is 0 Å². The molecule has 0 N–H and O–H groups in total. The van der Waals surface area contributed by atoms with Crippen molar-refractivity contribution in [3.8, 4) is 136 Å². The highest BCUT2D eigenvalue weighted by Gasteiger charge is 2.24. The van der Waals surface area contributed by atoms with Crippen LogP contribution in [0.1, 0.15) is 0 Å². The number of nitrogens with zero attached hydrogens (tertiary/aromatic N) is 14. The molecule has 14 nitrogen and oxygen atoms in total. The first-order valence-electron chi connectivity index (χ1n) is 47.1. The Bertz CT molecular complexity index is 8670. The van der Waals surface area contributed by atoms with E-state index in [1.807, 2.05) is 164 Å². The van der Waals surface area contributed by atoms with Crippen LogP contribution in [0.5, 0.6) is 0 Å². The number of para-hydroxylation sites is 5. The number of hydrogen-bond acceptors (Lipinski definition) is 10. The molecule has 17 aromatic carbocycles. The van der Waals surface area contributed by atoms with Crippen molar-refractivity contribution in [2.75, 3.05) is 0 Å². The van der Waals surface area contributed by atoms with Gasteiger partial charge in [0, 0.05) is 135 Å². The number of aromatic nitrogens is 14. The van der Waals surface area contributed by atoms with Crippen LogP contribution in [0.25, 0.3) is 234 Å². The second kappa shape index (κ2) is 39.4. The fourth-order valence-electron chi connectivity index (χ4n) is 19.2. The van der Waals surface area contributed by atoms with Gasteiger partial charge in [-0.25, -0.2) is 39.9 Å². The Balaban J connectivity index is 0.000000104. The Kier molecular flexibility index (Phi) is 24.5. The molecule has 10 heterocycles. The molecule has 0 atom stereocenters. The Hall–Kier alpha value is -17.3. The molecule has 0 radical (unpaired) electrons. The fraction of sp³-hybridized carbons (Fsp3) is 0. The first-order chi connectivity index (χ1) is 71.0. The third-order valence-corrected chi connectivity index (χ3v) is 27.8. The third kappa shape index (κ3) is 17.8. The number of halogens is 4. The Morgan fingerprint density at radius 2 is 0.472 bits per heavy atom. The maximum atomic E-state index is 5.08. The predicted molar refractivity (Wildman–Crippen MR) is 604 cm³/mol. The Morgan fingerprint density at radius 1 is 0.160 bits per heavy atom. The van der Waals surface area contributed by atoms with E-state index in [1.54, 1.807) is 12.4 Å². The lowest BCUT2D eigenvalue weighted by Crippen LogP contribution is -2.03. The highest BCUT2D eigenvalue weighted by Crippen LogP contribution is 2.43. The first-order valence-corrected chi connectivity index (χ1v) is 50.3. The lowest BCUT2D eigenvalue weighted by molar-refractivity contribution is 1.01. The van der Waals surface area contributed by atoms with Crippen molar-refractivity contribution >= 4 is 162 Å². The fourth-order valence-corrected chi connectivity index (χ4v) is 20.7. The minimum atomic E-state index is 0.642. The summed E-state index contributed by atoms with van der Waals surface area (Å²) in [6.45, 7) is 0. The van der Waals surface area contributed by atoms with E-state index in [2.05, 4.69) is 401 Å². The molecule has 0 aliphatic heterocycles. The van der Waals surface area contributed by atoms with Gasteiger partial charge in [-0.2, -0.15) is 0 Å². The molecule has 0 aliphatic rings. The second-order valence-corrected chi connectivity index (χ2v) is 38.4. The zero-order valence-electron chi connectivity index (χ0n) is 77.0. The minimum Gasteiger partial charge on any atom is -0.309 e. The van der Waals surface area contributed by atoms with Crippen molar-refractivity contribution in [1.29, 1.82) is 0 Å². The molecule has 0 amide bonds. The van der Waals surface area contributed by atoms with Gasteiger partial charge in [-0.1, -0.05) is 355 Å². The van der Waals surface area contributed by atoms with Gasteiger partial charge < -0.3 is 13.7 Å². The molecule has 0 spiro atoms. The van der Waals surface area contributed by atoms with Crippen molar-refractivity contribution in [2.45, 2.75) is 0 Å². The zero-order valence-corrected chi connectivity index (χ0v) is 83.3. The topological polar surface area (TPSA) is 149 Å². The van der Waals surface area contributed by atoms with Crippen LogP contribution in [0.2, 0.25) is 0 Å². The van der Waals surface area contributed by atoms with Crippen LogP contribution >= 0.6 is 63.7 Å². The lowest BCUT2D eigenvalue weighted by atomic mass is 10.0. The minimum absolute atomic E-state index is 0.642. The van der Waals surface area contributed by atoms with Crippen molar-refractivity contribution in [1.82, 2.24) is 68.1 Å². The highest BCUT2D eigenvalue weighted by molar-refractivity contribution is 9.11. The molecule has 0 bridgehead atoms. The van der Waals surface area contributed by atoms with Gasteiger partial charge in [-0.05, 0) is 193 Å². The largest absolute Gasteiger partial charge is 0.309 e. The molecule has 144 heavy (non-hydrogen) atoms. The van der Waals surface area contributed by atoms with Crippen LogP contribution < -0.4 is 0 Å².